The van der Waals surface area contributed by atoms with Gasteiger partial charge in [-0.25, -0.2) is 0 Å². The fraction of sp³-hybridized carbons (Fsp3) is 0.387. The van der Waals surface area contributed by atoms with E-state index in [0.717, 1.165) is 38.9 Å². The molecular formula is C31H37NO3S. The maximum absolute atomic E-state index is 12.7. The van der Waals surface area contributed by atoms with Crippen molar-refractivity contribution < 1.29 is 15.0 Å². The second kappa shape index (κ2) is 9.51. The zero-order valence-electron chi connectivity index (χ0n) is 22.3. The van der Waals surface area contributed by atoms with Crippen molar-refractivity contribution in [1.82, 2.24) is 4.90 Å². The number of phenolic OH excluding ortho intramolecular Hbond substituents is 2. The average Bonchev–Trinajstić information content (AvgIpc) is 3.09. The molecule has 1 unspecified atom stereocenters. The molecule has 0 saturated carbocycles. The van der Waals surface area contributed by atoms with Crippen LogP contribution in [0.2, 0.25) is 0 Å². The van der Waals surface area contributed by atoms with Gasteiger partial charge in [-0.3, -0.25) is 4.79 Å². The van der Waals surface area contributed by atoms with Gasteiger partial charge in [-0.1, -0.05) is 65.8 Å². The third-order valence-corrected chi connectivity index (χ3v) is 8.09. The smallest absolute Gasteiger partial charge is 0.236 e. The van der Waals surface area contributed by atoms with E-state index in [0.29, 0.717) is 12.3 Å². The van der Waals surface area contributed by atoms with E-state index in [1.165, 1.54) is 0 Å². The Kier molecular flexibility index (Phi) is 6.91. The summed E-state index contributed by atoms with van der Waals surface area (Å²) in [4.78, 5) is 14.5. The molecule has 5 heteroatoms. The zero-order chi connectivity index (χ0) is 26.4. The van der Waals surface area contributed by atoms with Gasteiger partial charge in [0.25, 0.3) is 0 Å². The van der Waals surface area contributed by atoms with Crippen LogP contribution in [0.1, 0.15) is 58.2 Å². The number of phenols is 2. The number of hydrogen-bond acceptors (Lipinski definition) is 4. The van der Waals surface area contributed by atoms with E-state index in [9.17, 15) is 15.0 Å². The van der Waals surface area contributed by atoms with Gasteiger partial charge in [-0.2, -0.15) is 0 Å². The largest absolute Gasteiger partial charge is 0.508 e. The molecule has 190 valence electrons. The third kappa shape index (κ3) is 5.41. The van der Waals surface area contributed by atoms with Crippen LogP contribution in [0.25, 0.3) is 22.3 Å². The molecule has 1 aliphatic rings. The minimum absolute atomic E-state index is 0.0955. The van der Waals surface area contributed by atoms with Gasteiger partial charge in [0.1, 0.15) is 11.5 Å². The summed E-state index contributed by atoms with van der Waals surface area (Å²) in [6.45, 7) is 12.9. The predicted molar refractivity (Wildman–Crippen MR) is 151 cm³/mol. The number of carbonyl (C=O) groups excluding carboxylic acids is 1. The molecule has 1 saturated heterocycles. The Labute approximate surface area is 219 Å². The van der Waals surface area contributed by atoms with Gasteiger partial charge in [-0.15, -0.1) is 11.8 Å². The van der Waals surface area contributed by atoms with Crippen LogP contribution in [-0.4, -0.2) is 39.2 Å². The molecule has 4 rings (SSSR count). The Hall–Kier alpha value is -2.92. The number of rotatable bonds is 4. The summed E-state index contributed by atoms with van der Waals surface area (Å²) in [6, 6.07) is 17.7. The standard InChI is InChI=1S/C31H37NO3S/c1-30(2,3)26-16-22(33)8-10-24(26)20-12-19(14-28-29(35)32(7)18-36-28)13-21(15-20)25-11-9-23(34)17-27(25)31(4,5)6/h8-13,15-17,28,33-34H,14,18H2,1-7H3. The van der Waals surface area contributed by atoms with E-state index in [4.69, 9.17) is 0 Å². The maximum atomic E-state index is 12.7. The van der Waals surface area contributed by atoms with E-state index >= 15 is 0 Å². The number of benzene rings is 3. The summed E-state index contributed by atoms with van der Waals surface area (Å²) in [7, 11) is 1.86. The van der Waals surface area contributed by atoms with Crippen LogP contribution in [0.4, 0.5) is 0 Å². The summed E-state index contributed by atoms with van der Waals surface area (Å²) in [5, 5.41) is 20.4. The Morgan fingerprint density at radius 3 is 1.67 bits per heavy atom. The number of hydrogen-bond donors (Lipinski definition) is 2. The quantitative estimate of drug-likeness (QED) is 0.399. The molecular weight excluding hydrogens is 466 g/mol. The molecule has 1 heterocycles. The van der Waals surface area contributed by atoms with Crippen molar-refractivity contribution in [2.24, 2.45) is 0 Å². The number of nitrogens with zero attached hydrogens (tertiary/aromatic N) is 1. The van der Waals surface area contributed by atoms with Crippen LogP contribution in [0, 0.1) is 0 Å². The lowest BCUT2D eigenvalue weighted by Crippen LogP contribution is -2.26. The molecule has 36 heavy (non-hydrogen) atoms. The van der Waals surface area contributed by atoms with Gasteiger partial charge in [-0.05, 0) is 86.5 Å². The second-order valence-electron chi connectivity index (χ2n) is 11.9. The number of aromatic hydroxyl groups is 2. The number of carbonyl (C=O) groups is 1. The van der Waals surface area contributed by atoms with Crippen LogP contribution in [0.15, 0.2) is 54.6 Å². The summed E-state index contributed by atoms with van der Waals surface area (Å²) in [5.41, 5.74) is 7.16. The highest BCUT2D eigenvalue weighted by Crippen LogP contribution is 2.41. The average molecular weight is 504 g/mol. The first-order chi connectivity index (χ1) is 16.7. The SMILES string of the molecule is CN1CSC(Cc2cc(-c3ccc(O)cc3C(C)(C)C)cc(-c3ccc(O)cc3C(C)(C)C)c2)C1=O. The van der Waals surface area contributed by atoms with Crippen molar-refractivity contribution in [3.05, 3.63) is 71.3 Å². The Morgan fingerprint density at radius 1 is 0.806 bits per heavy atom. The molecule has 1 atom stereocenters. The fourth-order valence-corrected chi connectivity index (χ4v) is 6.04. The van der Waals surface area contributed by atoms with Gasteiger partial charge in [0.15, 0.2) is 0 Å². The number of thioether (sulfide) groups is 1. The van der Waals surface area contributed by atoms with E-state index in [-0.39, 0.29) is 33.5 Å². The number of amides is 1. The van der Waals surface area contributed by atoms with Crippen molar-refractivity contribution in [2.45, 2.75) is 64.0 Å². The van der Waals surface area contributed by atoms with Crippen LogP contribution in [0.3, 0.4) is 0 Å². The fourth-order valence-electron chi connectivity index (χ4n) is 4.87. The molecule has 0 radical (unpaired) electrons. The molecule has 3 aromatic rings. The minimum Gasteiger partial charge on any atom is -0.508 e. The van der Waals surface area contributed by atoms with Gasteiger partial charge in [0.2, 0.25) is 5.91 Å². The van der Waals surface area contributed by atoms with Crippen molar-refractivity contribution in [1.29, 1.82) is 0 Å². The summed E-state index contributed by atoms with van der Waals surface area (Å²) < 4.78 is 0. The van der Waals surface area contributed by atoms with E-state index in [1.54, 1.807) is 28.8 Å². The van der Waals surface area contributed by atoms with Crippen LogP contribution in [0.5, 0.6) is 11.5 Å². The predicted octanol–water partition coefficient (Wildman–Crippen LogP) is 7.10. The van der Waals surface area contributed by atoms with E-state index < -0.39 is 0 Å². The molecule has 1 amide bonds. The highest BCUT2D eigenvalue weighted by atomic mass is 32.2. The Balaban J connectivity index is 1.94. The lowest BCUT2D eigenvalue weighted by molar-refractivity contribution is -0.127. The lowest BCUT2D eigenvalue weighted by Gasteiger charge is -2.26. The molecule has 3 aromatic carbocycles. The normalized spacial score (nSPS) is 16.6. The van der Waals surface area contributed by atoms with Crippen molar-refractivity contribution in [3.8, 4) is 33.8 Å². The second-order valence-corrected chi connectivity index (χ2v) is 13.1. The first-order valence-electron chi connectivity index (χ1n) is 12.4. The van der Waals surface area contributed by atoms with E-state index in [2.05, 4.69) is 59.7 Å². The molecule has 1 aliphatic heterocycles. The van der Waals surface area contributed by atoms with Gasteiger partial charge in [0, 0.05) is 7.05 Å². The van der Waals surface area contributed by atoms with Gasteiger partial charge < -0.3 is 15.1 Å². The van der Waals surface area contributed by atoms with Crippen molar-refractivity contribution >= 4 is 17.7 Å². The molecule has 4 nitrogen and oxygen atoms in total. The van der Waals surface area contributed by atoms with Crippen LogP contribution >= 0.6 is 11.8 Å². The molecule has 0 spiro atoms. The molecule has 0 bridgehead atoms. The maximum Gasteiger partial charge on any atom is 0.236 e. The van der Waals surface area contributed by atoms with Gasteiger partial charge >= 0.3 is 0 Å². The van der Waals surface area contributed by atoms with Gasteiger partial charge in [0.05, 0.1) is 11.1 Å². The summed E-state index contributed by atoms with van der Waals surface area (Å²) in [5.74, 6) is 1.40. The van der Waals surface area contributed by atoms with Crippen molar-refractivity contribution in [2.75, 3.05) is 12.9 Å². The zero-order valence-corrected chi connectivity index (χ0v) is 23.2. The van der Waals surface area contributed by atoms with Crippen molar-refractivity contribution in [3.63, 3.8) is 0 Å². The van der Waals surface area contributed by atoms with Crippen LogP contribution in [-0.2, 0) is 22.0 Å². The first kappa shape index (κ1) is 26.2. The minimum atomic E-state index is -0.167. The molecule has 1 fully saturated rings. The lowest BCUT2D eigenvalue weighted by atomic mass is 9.79. The molecule has 2 N–H and O–H groups in total. The summed E-state index contributed by atoms with van der Waals surface area (Å²) in [6.07, 6.45) is 0.653. The third-order valence-electron chi connectivity index (χ3n) is 6.78. The Bertz CT molecular complexity index is 1220. The topological polar surface area (TPSA) is 60.8 Å². The van der Waals surface area contributed by atoms with E-state index in [1.807, 2.05) is 31.3 Å². The highest BCUT2D eigenvalue weighted by molar-refractivity contribution is 8.01. The molecule has 0 aromatic heterocycles. The highest BCUT2D eigenvalue weighted by Gasteiger charge is 2.30. The first-order valence-corrected chi connectivity index (χ1v) is 13.5. The van der Waals surface area contributed by atoms with Crippen LogP contribution < -0.4 is 0 Å². The summed E-state index contributed by atoms with van der Waals surface area (Å²) >= 11 is 1.69. The molecule has 0 aliphatic carbocycles. The monoisotopic (exact) mass is 503 g/mol. The Morgan fingerprint density at radius 2 is 1.28 bits per heavy atom.